The average molecular weight is 518 g/mol. The Morgan fingerprint density at radius 1 is 1.18 bits per heavy atom. The van der Waals surface area contributed by atoms with E-state index in [2.05, 4.69) is 10.2 Å². The summed E-state index contributed by atoms with van der Waals surface area (Å²) in [5.41, 5.74) is 6.94. The van der Waals surface area contributed by atoms with Gasteiger partial charge in [-0.2, -0.15) is 23.0 Å². The quantitative estimate of drug-likeness (QED) is 0.318. The molecule has 0 fully saturated rings. The molecule has 0 aliphatic rings. The number of H-pyrrole nitrogens is 1. The van der Waals surface area contributed by atoms with Crippen LogP contribution in [0.4, 0.5) is 18.9 Å². The lowest BCUT2D eigenvalue weighted by atomic mass is 10.1. The summed E-state index contributed by atoms with van der Waals surface area (Å²) in [6.07, 6.45) is -1.83. The highest BCUT2D eigenvalue weighted by atomic mass is 35.5. The van der Waals surface area contributed by atoms with E-state index < -0.39 is 33.7 Å². The molecule has 174 valence electrons. The van der Waals surface area contributed by atoms with Gasteiger partial charge in [-0.05, 0) is 24.3 Å². The minimum absolute atomic E-state index is 0.0496. The molecule has 33 heavy (non-hydrogen) atoms. The van der Waals surface area contributed by atoms with Crippen LogP contribution in [0, 0.1) is 0 Å². The van der Waals surface area contributed by atoms with Crippen molar-refractivity contribution in [2.45, 2.75) is 23.7 Å². The van der Waals surface area contributed by atoms with Crippen LogP contribution in [0.3, 0.4) is 0 Å². The van der Waals surface area contributed by atoms with E-state index in [1.54, 1.807) is 41.3 Å². The molecular weight excluding hydrogens is 502 g/mol. The third-order valence-electron chi connectivity index (χ3n) is 4.94. The Morgan fingerprint density at radius 2 is 1.91 bits per heavy atom. The number of sulfonamides is 1. The van der Waals surface area contributed by atoms with Gasteiger partial charge in [0.05, 0.1) is 16.4 Å². The number of nitrogen functional groups attached to an aromatic ring is 1. The topological polar surface area (TPSA) is 106 Å². The first kappa shape index (κ1) is 23.4. The Kier molecular flexibility index (Phi) is 6.08. The number of aromatic nitrogens is 3. The molecule has 0 saturated heterocycles. The third kappa shape index (κ3) is 4.67. The van der Waals surface area contributed by atoms with Gasteiger partial charge in [0, 0.05) is 40.4 Å². The van der Waals surface area contributed by atoms with Crippen LogP contribution in [0.25, 0.3) is 22.2 Å². The van der Waals surface area contributed by atoms with Crippen molar-refractivity contribution in [2.75, 3.05) is 5.73 Å². The highest BCUT2D eigenvalue weighted by Crippen LogP contribution is 2.34. The number of nitrogens with zero attached hydrogens (tertiary/aromatic N) is 2. The van der Waals surface area contributed by atoms with Gasteiger partial charge in [-0.15, -0.1) is 0 Å². The summed E-state index contributed by atoms with van der Waals surface area (Å²) >= 11 is 11.7. The second-order valence-electron chi connectivity index (χ2n) is 7.19. The number of aromatic amines is 1. The first-order chi connectivity index (χ1) is 15.5. The van der Waals surface area contributed by atoms with Gasteiger partial charge in [-0.3, -0.25) is 5.10 Å². The van der Waals surface area contributed by atoms with E-state index in [4.69, 9.17) is 28.9 Å². The number of hydrogen-bond donors (Lipinski definition) is 3. The number of para-hydroxylation sites is 1. The van der Waals surface area contributed by atoms with E-state index in [9.17, 15) is 21.6 Å². The number of alkyl halides is 3. The Bertz CT molecular complexity index is 1400. The molecule has 4 aromatic rings. The molecule has 2 heterocycles. The van der Waals surface area contributed by atoms with Crippen molar-refractivity contribution < 1.29 is 21.6 Å². The Labute approximate surface area is 196 Å². The normalized spacial score (nSPS) is 13.5. The summed E-state index contributed by atoms with van der Waals surface area (Å²) < 4.78 is 70.6. The maximum atomic E-state index is 14.0. The van der Waals surface area contributed by atoms with E-state index in [1.165, 1.54) is 10.8 Å². The van der Waals surface area contributed by atoms with Crippen molar-refractivity contribution in [1.82, 2.24) is 19.5 Å². The van der Waals surface area contributed by atoms with E-state index in [0.29, 0.717) is 22.2 Å². The number of rotatable bonds is 6. The van der Waals surface area contributed by atoms with Crippen LogP contribution in [-0.4, -0.2) is 35.4 Å². The fourth-order valence-electron chi connectivity index (χ4n) is 3.53. The summed E-state index contributed by atoms with van der Waals surface area (Å²) in [5.74, 6) is 0. The lowest BCUT2D eigenvalue weighted by Crippen LogP contribution is -2.48. The Balaban J connectivity index is 1.75. The number of nitrogens with two attached hydrogens (primary N) is 1. The highest BCUT2D eigenvalue weighted by Gasteiger charge is 2.43. The standard InChI is InChI=1S/C20H16Cl2F3N5O2S/c21-11-7-14(22)19(15(26)8-11)33(31,32)29-18(20(23,24)25)10-30-9-13(16-5-6-27-28-16)12-3-1-2-4-17(12)30/h1-9,18,29H,10,26H2,(H,27,28). The molecule has 1 atom stereocenters. The molecule has 0 spiro atoms. The zero-order valence-corrected chi connectivity index (χ0v) is 18.9. The van der Waals surface area contributed by atoms with Gasteiger partial charge in [0.2, 0.25) is 10.0 Å². The van der Waals surface area contributed by atoms with E-state index >= 15 is 0 Å². The zero-order valence-electron chi connectivity index (χ0n) is 16.6. The molecule has 4 rings (SSSR count). The lowest BCUT2D eigenvalue weighted by molar-refractivity contribution is -0.154. The molecule has 4 N–H and O–H groups in total. The molecule has 1 unspecified atom stereocenters. The zero-order chi connectivity index (χ0) is 24.0. The van der Waals surface area contributed by atoms with Gasteiger partial charge in [-0.25, -0.2) is 8.42 Å². The van der Waals surface area contributed by atoms with Crippen molar-refractivity contribution >= 4 is 49.8 Å². The minimum Gasteiger partial charge on any atom is -0.398 e. The van der Waals surface area contributed by atoms with Gasteiger partial charge in [0.15, 0.2) is 0 Å². The van der Waals surface area contributed by atoms with Crippen molar-refractivity contribution in [3.05, 3.63) is 64.9 Å². The van der Waals surface area contributed by atoms with Crippen LogP contribution in [0.1, 0.15) is 0 Å². The van der Waals surface area contributed by atoms with Crippen molar-refractivity contribution in [3.63, 3.8) is 0 Å². The smallest absolute Gasteiger partial charge is 0.398 e. The molecule has 7 nitrogen and oxygen atoms in total. The summed E-state index contributed by atoms with van der Waals surface area (Å²) in [6, 6.07) is 8.20. The van der Waals surface area contributed by atoms with Crippen LogP contribution < -0.4 is 10.5 Å². The molecule has 0 amide bonds. The highest BCUT2D eigenvalue weighted by molar-refractivity contribution is 7.89. The van der Waals surface area contributed by atoms with Crippen molar-refractivity contribution in [1.29, 1.82) is 0 Å². The second kappa shape index (κ2) is 8.56. The number of benzene rings is 2. The van der Waals surface area contributed by atoms with Gasteiger partial charge in [-0.1, -0.05) is 41.4 Å². The fourth-order valence-corrected chi connectivity index (χ4v) is 5.73. The average Bonchev–Trinajstić information content (AvgIpc) is 3.34. The second-order valence-corrected chi connectivity index (χ2v) is 9.69. The largest absolute Gasteiger partial charge is 0.406 e. The molecule has 0 aliphatic heterocycles. The lowest BCUT2D eigenvalue weighted by Gasteiger charge is -2.23. The monoisotopic (exact) mass is 517 g/mol. The number of nitrogens with one attached hydrogen (secondary N) is 2. The van der Waals surface area contributed by atoms with Gasteiger partial charge in [0.25, 0.3) is 0 Å². The van der Waals surface area contributed by atoms with E-state index in [-0.39, 0.29) is 15.7 Å². The minimum atomic E-state index is -4.92. The third-order valence-corrected chi connectivity index (χ3v) is 7.16. The Morgan fingerprint density at radius 3 is 2.55 bits per heavy atom. The molecule has 0 radical (unpaired) electrons. The molecule has 2 aromatic carbocycles. The maximum absolute atomic E-state index is 14.0. The summed E-state index contributed by atoms with van der Waals surface area (Å²) in [4.78, 5) is -0.669. The molecule has 0 bridgehead atoms. The number of fused-ring (bicyclic) bond motifs is 1. The molecule has 0 aliphatic carbocycles. The molecule has 13 heteroatoms. The van der Waals surface area contributed by atoms with Gasteiger partial charge >= 0.3 is 6.18 Å². The van der Waals surface area contributed by atoms with Crippen LogP contribution in [0.5, 0.6) is 0 Å². The van der Waals surface area contributed by atoms with Crippen molar-refractivity contribution in [3.8, 4) is 11.3 Å². The molecule has 0 saturated carbocycles. The number of halogens is 5. The van der Waals surface area contributed by atoms with E-state index in [0.717, 1.165) is 12.1 Å². The predicted molar refractivity (Wildman–Crippen MR) is 121 cm³/mol. The van der Waals surface area contributed by atoms with Crippen LogP contribution in [-0.2, 0) is 16.6 Å². The molecule has 2 aromatic heterocycles. The van der Waals surface area contributed by atoms with Crippen LogP contribution >= 0.6 is 23.2 Å². The number of hydrogen-bond acceptors (Lipinski definition) is 4. The Hall–Kier alpha value is -2.73. The number of anilines is 1. The SMILES string of the molecule is Nc1cc(Cl)cc(Cl)c1S(=O)(=O)NC(Cn1cc(-c2cc[nH]n2)c2ccccc21)C(F)(F)F. The van der Waals surface area contributed by atoms with Gasteiger partial charge in [0.1, 0.15) is 10.9 Å². The predicted octanol–water partition coefficient (Wildman–Crippen LogP) is 4.83. The fraction of sp³-hybridized carbons (Fsp3) is 0.150. The van der Waals surface area contributed by atoms with E-state index in [1.807, 2.05) is 0 Å². The van der Waals surface area contributed by atoms with Crippen molar-refractivity contribution in [2.24, 2.45) is 0 Å². The first-order valence-electron chi connectivity index (χ1n) is 9.39. The summed E-state index contributed by atoms with van der Waals surface area (Å²) in [7, 11) is -4.75. The summed E-state index contributed by atoms with van der Waals surface area (Å²) in [6.45, 7) is -0.737. The first-order valence-corrected chi connectivity index (χ1v) is 11.6. The van der Waals surface area contributed by atoms with Gasteiger partial charge < -0.3 is 10.3 Å². The maximum Gasteiger partial charge on any atom is 0.406 e. The molecular formula is C20H16Cl2F3N5O2S. The van der Waals surface area contributed by atoms with Crippen LogP contribution in [0.2, 0.25) is 10.0 Å². The van der Waals surface area contributed by atoms with Crippen LogP contribution in [0.15, 0.2) is 59.8 Å². The summed E-state index contributed by atoms with van der Waals surface area (Å²) in [5, 5.41) is 7.08.